The molecule has 0 aliphatic heterocycles. The summed E-state index contributed by atoms with van der Waals surface area (Å²) < 4.78 is 0. The van der Waals surface area contributed by atoms with Gasteiger partial charge in [-0.2, -0.15) is 0 Å². The second-order valence-corrected chi connectivity index (χ2v) is 7.89. The Balaban J connectivity index is 1.75. The van der Waals surface area contributed by atoms with Gasteiger partial charge in [0.2, 0.25) is 0 Å². The fourth-order valence-electron chi connectivity index (χ4n) is 4.31. The molecule has 144 valence electrons. The summed E-state index contributed by atoms with van der Waals surface area (Å²) in [5, 5.41) is 3.43. The SMILES string of the molecule is CC(=O)c1c(C)[nH]c(C(=O)[C@@H](C)N[C@H](C)c2ccc3c(c2)CCCC3)c1C. The molecule has 0 amide bonds. The summed E-state index contributed by atoms with van der Waals surface area (Å²) in [5.74, 6) is -0.0174. The van der Waals surface area contributed by atoms with Crippen molar-refractivity contribution in [3.63, 3.8) is 0 Å². The van der Waals surface area contributed by atoms with Gasteiger partial charge >= 0.3 is 0 Å². The van der Waals surface area contributed by atoms with Gasteiger partial charge in [-0.3, -0.25) is 9.59 Å². The van der Waals surface area contributed by atoms with Gasteiger partial charge in [0.05, 0.1) is 11.7 Å². The summed E-state index contributed by atoms with van der Waals surface area (Å²) in [6, 6.07) is 6.46. The Labute approximate surface area is 161 Å². The normalized spacial score (nSPS) is 15.9. The summed E-state index contributed by atoms with van der Waals surface area (Å²) in [6.45, 7) is 9.21. The third-order valence-corrected chi connectivity index (χ3v) is 5.80. The van der Waals surface area contributed by atoms with Crippen molar-refractivity contribution in [2.24, 2.45) is 0 Å². The molecular formula is C23H30N2O2. The van der Waals surface area contributed by atoms with Gasteiger partial charge in [-0.25, -0.2) is 0 Å². The molecule has 1 aromatic carbocycles. The third kappa shape index (κ3) is 3.91. The molecule has 4 nitrogen and oxygen atoms in total. The van der Waals surface area contributed by atoms with Crippen LogP contribution in [0.4, 0.5) is 0 Å². The Morgan fingerprint density at radius 2 is 1.74 bits per heavy atom. The lowest BCUT2D eigenvalue weighted by molar-refractivity contribution is 0.0940. The fourth-order valence-corrected chi connectivity index (χ4v) is 4.31. The van der Waals surface area contributed by atoms with Gasteiger partial charge in [0.15, 0.2) is 11.6 Å². The van der Waals surface area contributed by atoms with Crippen LogP contribution in [0.1, 0.15) is 88.4 Å². The van der Waals surface area contributed by atoms with Crippen LogP contribution in [-0.2, 0) is 12.8 Å². The Morgan fingerprint density at radius 3 is 2.37 bits per heavy atom. The standard InChI is InChI=1S/C23H30N2O2/c1-13-21(17(5)26)15(3)25-22(13)23(27)16(4)24-14(2)19-11-10-18-8-6-7-9-20(18)12-19/h10-12,14,16,24-25H,6-9H2,1-5H3/t14-,16-/m1/s1. The summed E-state index contributed by atoms with van der Waals surface area (Å²) >= 11 is 0. The minimum absolute atomic E-state index is 0.00656. The number of H-pyrrole nitrogens is 1. The lowest BCUT2D eigenvalue weighted by Gasteiger charge is -2.22. The van der Waals surface area contributed by atoms with Gasteiger partial charge in [-0.05, 0) is 82.6 Å². The van der Waals surface area contributed by atoms with E-state index in [1.807, 2.05) is 20.8 Å². The number of benzene rings is 1. The molecule has 0 radical (unpaired) electrons. The van der Waals surface area contributed by atoms with Crippen LogP contribution in [-0.4, -0.2) is 22.6 Å². The highest BCUT2D eigenvalue weighted by Gasteiger charge is 2.25. The maximum absolute atomic E-state index is 12.9. The van der Waals surface area contributed by atoms with Crippen LogP contribution in [0.5, 0.6) is 0 Å². The number of nitrogens with one attached hydrogen (secondary N) is 2. The van der Waals surface area contributed by atoms with Crippen molar-refractivity contribution in [3.05, 3.63) is 57.4 Å². The topological polar surface area (TPSA) is 62.0 Å². The molecule has 0 unspecified atom stereocenters. The Kier molecular flexibility index (Phi) is 5.66. The van der Waals surface area contributed by atoms with Gasteiger partial charge in [0.1, 0.15) is 0 Å². The van der Waals surface area contributed by atoms with Crippen LogP contribution < -0.4 is 5.32 Å². The average Bonchev–Trinajstić information content (AvgIpc) is 2.94. The highest BCUT2D eigenvalue weighted by atomic mass is 16.1. The van der Waals surface area contributed by atoms with Crippen molar-refractivity contribution in [2.75, 3.05) is 0 Å². The maximum Gasteiger partial charge on any atom is 0.195 e. The predicted octanol–water partition coefficient (Wildman–Crippen LogP) is 4.63. The van der Waals surface area contributed by atoms with E-state index in [1.54, 1.807) is 0 Å². The van der Waals surface area contributed by atoms with Crippen LogP contribution >= 0.6 is 0 Å². The molecule has 4 heteroatoms. The minimum atomic E-state index is -0.340. The Bertz CT molecular complexity index is 879. The molecular weight excluding hydrogens is 336 g/mol. The monoisotopic (exact) mass is 366 g/mol. The van der Waals surface area contributed by atoms with Crippen molar-refractivity contribution in [1.29, 1.82) is 0 Å². The molecule has 27 heavy (non-hydrogen) atoms. The zero-order valence-corrected chi connectivity index (χ0v) is 17.0. The first-order valence-corrected chi connectivity index (χ1v) is 9.91. The molecule has 1 aliphatic carbocycles. The number of fused-ring (bicyclic) bond motifs is 1. The van der Waals surface area contributed by atoms with E-state index in [4.69, 9.17) is 0 Å². The first-order valence-electron chi connectivity index (χ1n) is 9.91. The number of rotatable bonds is 6. The highest BCUT2D eigenvalue weighted by Crippen LogP contribution is 2.25. The lowest BCUT2D eigenvalue weighted by atomic mass is 9.89. The van der Waals surface area contributed by atoms with Crippen LogP contribution in [0.15, 0.2) is 18.2 Å². The van der Waals surface area contributed by atoms with Crippen LogP contribution in [0.2, 0.25) is 0 Å². The Hall–Kier alpha value is -2.20. The van der Waals surface area contributed by atoms with E-state index in [0.29, 0.717) is 11.3 Å². The molecule has 0 bridgehead atoms. The highest BCUT2D eigenvalue weighted by molar-refractivity contribution is 6.05. The fraction of sp³-hybridized carbons (Fsp3) is 0.478. The van der Waals surface area contributed by atoms with Crippen molar-refractivity contribution < 1.29 is 9.59 Å². The van der Waals surface area contributed by atoms with E-state index in [1.165, 1.54) is 42.9 Å². The zero-order chi connectivity index (χ0) is 19.7. The molecule has 0 saturated carbocycles. The van der Waals surface area contributed by atoms with Gasteiger partial charge in [0, 0.05) is 17.3 Å². The number of ketones is 2. The van der Waals surface area contributed by atoms with E-state index in [9.17, 15) is 9.59 Å². The minimum Gasteiger partial charge on any atom is -0.355 e. The zero-order valence-electron chi connectivity index (χ0n) is 17.0. The molecule has 2 atom stereocenters. The number of Topliss-reactive ketones (excluding diaryl/α,β-unsaturated/α-hetero) is 2. The quantitative estimate of drug-likeness (QED) is 0.733. The van der Waals surface area contributed by atoms with Crippen LogP contribution in [0, 0.1) is 13.8 Å². The first kappa shape index (κ1) is 19.6. The van der Waals surface area contributed by atoms with Gasteiger partial charge < -0.3 is 10.3 Å². The number of aromatic amines is 1. The molecule has 1 heterocycles. The second kappa shape index (κ2) is 7.81. The number of aryl methyl sites for hydroxylation is 3. The van der Waals surface area contributed by atoms with Crippen LogP contribution in [0.25, 0.3) is 0 Å². The number of aromatic nitrogens is 1. The first-order chi connectivity index (χ1) is 12.8. The molecule has 3 rings (SSSR count). The molecule has 2 aromatic rings. The van der Waals surface area contributed by atoms with Crippen molar-refractivity contribution in [3.8, 4) is 0 Å². The number of hydrogen-bond donors (Lipinski definition) is 2. The summed E-state index contributed by atoms with van der Waals surface area (Å²) in [5.41, 5.74) is 6.82. The van der Waals surface area contributed by atoms with E-state index in [2.05, 4.69) is 35.4 Å². The summed E-state index contributed by atoms with van der Waals surface area (Å²) in [7, 11) is 0. The predicted molar refractivity (Wildman–Crippen MR) is 109 cm³/mol. The second-order valence-electron chi connectivity index (χ2n) is 7.89. The summed E-state index contributed by atoms with van der Waals surface area (Å²) in [4.78, 5) is 27.9. The number of carbonyl (C=O) groups excluding carboxylic acids is 2. The van der Waals surface area contributed by atoms with E-state index < -0.39 is 0 Å². The summed E-state index contributed by atoms with van der Waals surface area (Å²) in [6.07, 6.45) is 4.87. The van der Waals surface area contributed by atoms with Crippen molar-refractivity contribution >= 4 is 11.6 Å². The number of hydrogen-bond acceptors (Lipinski definition) is 3. The molecule has 0 fully saturated rings. The molecule has 0 saturated heterocycles. The Morgan fingerprint density at radius 1 is 1.07 bits per heavy atom. The molecule has 1 aliphatic rings. The van der Waals surface area contributed by atoms with Crippen molar-refractivity contribution in [2.45, 2.75) is 72.4 Å². The van der Waals surface area contributed by atoms with Crippen molar-refractivity contribution in [1.82, 2.24) is 10.3 Å². The van der Waals surface area contributed by atoms with E-state index in [-0.39, 0.29) is 23.7 Å². The van der Waals surface area contributed by atoms with E-state index >= 15 is 0 Å². The molecule has 0 spiro atoms. The van der Waals surface area contributed by atoms with Crippen LogP contribution in [0.3, 0.4) is 0 Å². The van der Waals surface area contributed by atoms with Gasteiger partial charge in [0.25, 0.3) is 0 Å². The largest absolute Gasteiger partial charge is 0.355 e. The van der Waals surface area contributed by atoms with Gasteiger partial charge in [-0.1, -0.05) is 18.2 Å². The molecule has 2 N–H and O–H groups in total. The maximum atomic E-state index is 12.9. The smallest absolute Gasteiger partial charge is 0.195 e. The lowest BCUT2D eigenvalue weighted by Crippen LogP contribution is -2.36. The third-order valence-electron chi connectivity index (χ3n) is 5.80. The van der Waals surface area contributed by atoms with Gasteiger partial charge in [-0.15, -0.1) is 0 Å². The average molecular weight is 367 g/mol. The van der Waals surface area contributed by atoms with E-state index in [0.717, 1.165) is 17.7 Å². The number of carbonyl (C=O) groups is 2. The molecule has 1 aromatic heterocycles.